The third-order valence-corrected chi connectivity index (χ3v) is 8.34. The molecule has 0 radical (unpaired) electrons. The minimum atomic E-state index is -3.63. The summed E-state index contributed by atoms with van der Waals surface area (Å²) < 4.78 is 32.9. The molecule has 8 heteroatoms. The van der Waals surface area contributed by atoms with Crippen LogP contribution in [0.3, 0.4) is 0 Å². The third-order valence-electron chi connectivity index (χ3n) is 6.45. The Morgan fingerprint density at radius 3 is 2.21 bits per heavy atom. The molecule has 0 spiro atoms. The molecule has 33 heavy (non-hydrogen) atoms. The Hall–Kier alpha value is -2.42. The Kier molecular flexibility index (Phi) is 7.67. The van der Waals surface area contributed by atoms with Crippen LogP contribution in [-0.2, 0) is 23.1 Å². The number of methoxy groups -OCH3 is 1. The molecule has 2 heterocycles. The van der Waals surface area contributed by atoms with E-state index in [0.29, 0.717) is 25.4 Å². The minimum Gasteiger partial charge on any atom is -0.496 e. The number of nitrogens with one attached hydrogen (secondary N) is 1. The van der Waals surface area contributed by atoms with Gasteiger partial charge in [-0.25, -0.2) is 8.42 Å². The highest BCUT2D eigenvalue weighted by Crippen LogP contribution is 2.26. The summed E-state index contributed by atoms with van der Waals surface area (Å²) in [5.74, 6) is -0.00487. The van der Waals surface area contributed by atoms with Crippen LogP contribution in [0.2, 0.25) is 0 Å². The molecule has 0 saturated carbocycles. The van der Waals surface area contributed by atoms with Gasteiger partial charge in [0.2, 0.25) is 10.0 Å². The number of hydrogen-bond donors (Lipinski definition) is 1. The first-order valence-electron chi connectivity index (χ1n) is 11.7. The van der Waals surface area contributed by atoms with E-state index in [1.165, 1.54) is 42.0 Å². The lowest BCUT2D eigenvalue weighted by molar-refractivity contribution is 0.0947. The molecule has 2 aliphatic rings. The number of carbonyl (C=O) groups excluding carboxylic acids is 1. The summed E-state index contributed by atoms with van der Waals surface area (Å²) in [6, 6.07) is 12.8. The van der Waals surface area contributed by atoms with Crippen molar-refractivity contribution in [3.05, 3.63) is 59.2 Å². The van der Waals surface area contributed by atoms with Crippen LogP contribution in [0.5, 0.6) is 5.75 Å². The molecule has 2 aromatic rings. The second-order valence-electron chi connectivity index (χ2n) is 8.81. The maximum Gasteiger partial charge on any atom is 0.255 e. The Labute approximate surface area is 196 Å². The zero-order valence-electron chi connectivity index (χ0n) is 19.3. The number of hydrogen-bond acceptors (Lipinski definition) is 5. The summed E-state index contributed by atoms with van der Waals surface area (Å²) in [6.45, 7) is 4.67. The minimum absolute atomic E-state index is 0.126. The predicted molar refractivity (Wildman–Crippen MR) is 128 cm³/mol. The van der Waals surface area contributed by atoms with E-state index < -0.39 is 10.0 Å². The smallest absolute Gasteiger partial charge is 0.255 e. The lowest BCUT2D eigenvalue weighted by atomic mass is 10.1. The third kappa shape index (κ3) is 5.75. The first kappa shape index (κ1) is 23.7. The summed E-state index contributed by atoms with van der Waals surface area (Å²) in [7, 11) is -2.15. The SMILES string of the molecule is COc1ccc(S(=O)(=O)N2CCCCC2)cc1C(=O)NCc1ccc(CN2CCCC2)cc1. The first-order valence-corrected chi connectivity index (χ1v) is 13.2. The number of likely N-dealkylation sites (tertiary alicyclic amines) is 1. The van der Waals surface area contributed by atoms with E-state index in [4.69, 9.17) is 4.74 Å². The number of benzene rings is 2. The van der Waals surface area contributed by atoms with Crippen LogP contribution in [0, 0.1) is 0 Å². The van der Waals surface area contributed by atoms with Gasteiger partial charge in [0, 0.05) is 26.2 Å². The fourth-order valence-corrected chi connectivity index (χ4v) is 6.06. The van der Waals surface area contributed by atoms with Crippen molar-refractivity contribution < 1.29 is 17.9 Å². The number of sulfonamides is 1. The van der Waals surface area contributed by atoms with Crippen molar-refractivity contribution >= 4 is 15.9 Å². The van der Waals surface area contributed by atoms with Crippen molar-refractivity contribution in [1.29, 1.82) is 0 Å². The molecule has 1 amide bonds. The van der Waals surface area contributed by atoms with Gasteiger partial charge < -0.3 is 10.1 Å². The van der Waals surface area contributed by atoms with E-state index in [1.54, 1.807) is 6.07 Å². The highest BCUT2D eigenvalue weighted by molar-refractivity contribution is 7.89. The molecule has 0 aromatic heterocycles. The monoisotopic (exact) mass is 471 g/mol. The molecule has 2 saturated heterocycles. The van der Waals surface area contributed by atoms with Gasteiger partial charge in [-0.05, 0) is 68.1 Å². The van der Waals surface area contributed by atoms with Gasteiger partial charge in [-0.1, -0.05) is 30.7 Å². The van der Waals surface area contributed by atoms with Crippen molar-refractivity contribution in [3.8, 4) is 5.75 Å². The Bertz CT molecular complexity index is 1060. The Morgan fingerprint density at radius 2 is 1.55 bits per heavy atom. The highest BCUT2D eigenvalue weighted by atomic mass is 32.2. The number of piperidine rings is 1. The lowest BCUT2D eigenvalue weighted by Crippen LogP contribution is -2.35. The van der Waals surface area contributed by atoms with Gasteiger partial charge in [0.25, 0.3) is 5.91 Å². The van der Waals surface area contributed by atoms with Crippen LogP contribution >= 0.6 is 0 Å². The van der Waals surface area contributed by atoms with Gasteiger partial charge in [-0.3, -0.25) is 9.69 Å². The molecular formula is C25H33N3O4S. The summed E-state index contributed by atoms with van der Waals surface area (Å²) in [4.78, 5) is 15.5. The summed E-state index contributed by atoms with van der Waals surface area (Å²) in [5.41, 5.74) is 2.48. The zero-order valence-corrected chi connectivity index (χ0v) is 20.1. The molecule has 0 atom stereocenters. The predicted octanol–water partition coefficient (Wildman–Crippen LogP) is 3.40. The van der Waals surface area contributed by atoms with Gasteiger partial charge >= 0.3 is 0 Å². The molecular weight excluding hydrogens is 438 g/mol. The molecule has 7 nitrogen and oxygen atoms in total. The quantitative estimate of drug-likeness (QED) is 0.639. The van der Waals surface area contributed by atoms with E-state index in [9.17, 15) is 13.2 Å². The molecule has 0 unspecified atom stereocenters. The summed E-state index contributed by atoms with van der Waals surface area (Å²) in [5, 5.41) is 2.90. The maximum absolute atomic E-state index is 13.0. The highest BCUT2D eigenvalue weighted by Gasteiger charge is 2.27. The maximum atomic E-state index is 13.0. The van der Waals surface area contributed by atoms with Crippen LogP contribution in [0.4, 0.5) is 0 Å². The van der Waals surface area contributed by atoms with Crippen LogP contribution in [0.1, 0.15) is 53.6 Å². The van der Waals surface area contributed by atoms with Gasteiger partial charge in [-0.2, -0.15) is 4.31 Å². The van der Waals surface area contributed by atoms with Crippen molar-refractivity contribution in [2.24, 2.45) is 0 Å². The largest absolute Gasteiger partial charge is 0.496 e. The molecule has 0 aliphatic carbocycles. The molecule has 2 aromatic carbocycles. The zero-order chi connectivity index (χ0) is 23.3. The number of carbonyl (C=O) groups is 1. The number of rotatable bonds is 8. The number of nitrogens with zero attached hydrogens (tertiary/aromatic N) is 2. The van der Waals surface area contributed by atoms with Crippen LogP contribution in [0.25, 0.3) is 0 Å². The van der Waals surface area contributed by atoms with Crippen LogP contribution in [-0.4, -0.2) is 56.8 Å². The standard InChI is InChI=1S/C25H33N3O4S/c1-32-24-12-11-22(33(30,31)28-15-3-2-4-16-28)17-23(24)25(29)26-18-20-7-9-21(10-8-20)19-27-13-5-6-14-27/h7-12,17H,2-6,13-16,18-19H2,1H3,(H,26,29). The molecule has 2 aliphatic heterocycles. The molecule has 2 fully saturated rings. The molecule has 4 rings (SSSR count). The fourth-order valence-electron chi connectivity index (χ4n) is 4.52. The Balaban J connectivity index is 1.43. The van der Waals surface area contributed by atoms with Gasteiger partial charge in [0.15, 0.2) is 0 Å². The number of amides is 1. The van der Waals surface area contributed by atoms with Crippen LogP contribution < -0.4 is 10.1 Å². The summed E-state index contributed by atoms with van der Waals surface area (Å²) in [6.07, 6.45) is 5.31. The fraction of sp³-hybridized carbons (Fsp3) is 0.480. The van der Waals surface area contributed by atoms with Gasteiger partial charge in [0.05, 0.1) is 17.6 Å². The normalized spacial score (nSPS) is 17.7. The average Bonchev–Trinajstić information content (AvgIpc) is 3.36. The summed E-state index contributed by atoms with van der Waals surface area (Å²) >= 11 is 0. The van der Waals surface area contributed by atoms with E-state index in [0.717, 1.165) is 44.5 Å². The van der Waals surface area contributed by atoms with Crippen molar-refractivity contribution in [3.63, 3.8) is 0 Å². The first-order chi connectivity index (χ1) is 16.0. The van der Waals surface area contributed by atoms with E-state index in [1.807, 2.05) is 12.1 Å². The molecule has 178 valence electrons. The van der Waals surface area contributed by atoms with Gasteiger partial charge in [-0.15, -0.1) is 0 Å². The number of ether oxygens (including phenoxy) is 1. The second kappa shape index (κ2) is 10.7. The Morgan fingerprint density at radius 1 is 0.909 bits per heavy atom. The molecule has 1 N–H and O–H groups in total. The topological polar surface area (TPSA) is 79.0 Å². The van der Waals surface area contributed by atoms with E-state index >= 15 is 0 Å². The lowest BCUT2D eigenvalue weighted by Gasteiger charge is -2.26. The second-order valence-corrected chi connectivity index (χ2v) is 10.7. The van der Waals surface area contributed by atoms with Crippen molar-refractivity contribution in [1.82, 2.24) is 14.5 Å². The van der Waals surface area contributed by atoms with Crippen LogP contribution in [0.15, 0.2) is 47.4 Å². The van der Waals surface area contributed by atoms with Crippen molar-refractivity contribution in [2.75, 3.05) is 33.3 Å². The van der Waals surface area contributed by atoms with E-state index in [2.05, 4.69) is 22.3 Å². The van der Waals surface area contributed by atoms with Crippen molar-refractivity contribution in [2.45, 2.75) is 50.1 Å². The average molecular weight is 472 g/mol. The molecule has 0 bridgehead atoms. The van der Waals surface area contributed by atoms with Gasteiger partial charge in [0.1, 0.15) is 5.75 Å². The van der Waals surface area contributed by atoms with E-state index in [-0.39, 0.29) is 16.4 Å².